The van der Waals surface area contributed by atoms with Gasteiger partial charge in [0.05, 0.1) is 13.2 Å². The molecule has 0 atom stereocenters. The molecule has 0 aromatic carbocycles. The number of rotatable bonds is 4. The molecule has 100 valence electrons. The first-order valence-corrected chi connectivity index (χ1v) is 5.96. The summed E-state index contributed by atoms with van der Waals surface area (Å²) in [5.41, 5.74) is 0.611. The van der Waals surface area contributed by atoms with Crippen molar-refractivity contribution in [1.82, 2.24) is 4.98 Å². The molecule has 5 nitrogen and oxygen atoms in total. The number of carbonyl (C=O) groups is 2. The number of esters is 2. The van der Waals surface area contributed by atoms with Gasteiger partial charge in [0.1, 0.15) is 17.8 Å². The largest absolute Gasteiger partial charge is 0.465 e. The lowest BCUT2D eigenvalue weighted by Gasteiger charge is -2.00. The van der Waals surface area contributed by atoms with Crippen LogP contribution in [0.1, 0.15) is 36.5 Å². The minimum absolute atomic E-state index is 0.000839. The highest BCUT2D eigenvalue weighted by molar-refractivity contribution is 5.87. The molecule has 1 rings (SSSR count). The maximum Gasteiger partial charge on any atom is 0.356 e. The van der Waals surface area contributed by atoms with Crippen molar-refractivity contribution < 1.29 is 19.1 Å². The zero-order valence-electron chi connectivity index (χ0n) is 10.9. The van der Waals surface area contributed by atoms with E-state index in [0.717, 1.165) is 0 Å². The molecule has 1 heterocycles. The summed E-state index contributed by atoms with van der Waals surface area (Å²) in [5, 5.41) is 0. The van der Waals surface area contributed by atoms with E-state index in [4.69, 9.17) is 9.47 Å². The van der Waals surface area contributed by atoms with Crippen LogP contribution in [0, 0.1) is 11.8 Å². The Balaban J connectivity index is 2.70. The molecule has 19 heavy (non-hydrogen) atoms. The molecule has 0 N–H and O–H groups in total. The van der Waals surface area contributed by atoms with E-state index in [9.17, 15) is 9.59 Å². The lowest BCUT2D eigenvalue weighted by Crippen LogP contribution is -2.07. The van der Waals surface area contributed by atoms with Crippen LogP contribution in [0.5, 0.6) is 0 Å². The number of hydrogen-bond acceptors (Lipinski definition) is 5. The molecule has 0 aliphatic heterocycles. The van der Waals surface area contributed by atoms with E-state index in [1.807, 2.05) is 0 Å². The topological polar surface area (TPSA) is 65.5 Å². The number of ether oxygens (including phenoxy) is 2. The first-order chi connectivity index (χ1) is 9.17. The molecule has 0 fully saturated rings. The van der Waals surface area contributed by atoms with Crippen molar-refractivity contribution in [2.75, 3.05) is 13.2 Å². The first kappa shape index (κ1) is 14.7. The van der Waals surface area contributed by atoms with Gasteiger partial charge in [-0.25, -0.2) is 9.78 Å². The van der Waals surface area contributed by atoms with Gasteiger partial charge in [0.25, 0.3) is 0 Å². The standard InChI is InChI=1S/C14H15NO4/c1-3-18-13(16)10-6-8-11-7-5-9-12(15-11)14(17)19-4-2/h5,7,9H,3-4,10H2,1-2H3. The second kappa shape index (κ2) is 7.88. The van der Waals surface area contributed by atoms with Crippen molar-refractivity contribution in [2.45, 2.75) is 20.3 Å². The second-order valence-electron chi connectivity index (χ2n) is 3.41. The van der Waals surface area contributed by atoms with Gasteiger partial charge in [0.2, 0.25) is 0 Å². The minimum Gasteiger partial charge on any atom is -0.465 e. The number of aromatic nitrogens is 1. The van der Waals surface area contributed by atoms with Gasteiger partial charge in [0, 0.05) is 0 Å². The number of nitrogens with zero attached hydrogens (tertiary/aromatic N) is 1. The summed E-state index contributed by atoms with van der Waals surface area (Å²) in [5.74, 6) is 4.48. The van der Waals surface area contributed by atoms with E-state index in [1.54, 1.807) is 32.0 Å². The van der Waals surface area contributed by atoms with E-state index in [0.29, 0.717) is 18.9 Å². The average Bonchev–Trinajstić information content (AvgIpc) is 2.40. The van der Waals surface area contributed by atoms with Crippen molar-refractivity contribution in [3.05, 3.63) is 29.6 Å². The monoisotopic (exact) mass is 261 g/mol. The van der Waals surface area contributed by atoms with Crippen molar-refractivity contribution in [3.8, 4) is 11.8 Å². The van der Waals surface area contributed by atoms with Crippen LogP contribution in [0.2, 0.25) is 0 Å². The SMILES string of the molecule is CCOC(=O)CC#Cc1cccc(C(=O)OCC)n1. The van der Waals surface area contributed by atoms with Gasteiger partial charge < -0.3 is 9.47 Å². The highest BCUT2D eigenvalue weighted by atomic mass is 16.5. The van der Waals surface area contributed by atoms with E-state index >= 15 is 0 Å². The van der Waals surface area contributed by atoms with Crippen LogP contribution < -0.4 is 0 Å². The predicted octanol–water partition coefficient (Wildman–Crippen LogP) is 1.56. The molecular formula is C14H15NO4. The maximum atomic E-state index is 11.5. The van der Waals surface area contributed by atoms with Crippen LogP contribution in [-0.4, -0.2) is 30.1 Å². The van der Waals surface area contributed by atoms with Gasteiger partial charge in [-0.15, -0.1) is 0 Å². The fourth-order valence-electron chi connectivity index (χ4n) is 1.24. The van der Waals surface area contributed by atoms with Crippen LogP contribution in [0.25, 0.3) is 0 Å². The zero-order valence-corrected chi connectivity index (χ0v) is 10.9. The molecule has 0 saturated carbocycles. The normalized spacial score (nSPS) is 9.16. The lowest BCUT2D eigenvalue weighted by atomic mass is 10.3. The Kier molecular flexibility index (Phi) is 6.10. The van der Waals surface area contributed by atoms with Gasteiger partial charge >= 0.3 is 11.9 Å². The number of hydrogen-bond donors (Lipinski definition) is 0. The fourth-order valence-corrected chi connectivity index (χ4v) is 1.24. The summed E-state index contributed by atoms with van der Waals surface area (Å²) < 4.78 is 9.57. The molecule has 5 heteroatoms. The molecule has 1 aromatic rings. The zero-order chi connectivity index (χ0) is 14.1. The van der Waals surface area contributed by atoms with Crippen LogP contribution >= 0.6 is 0 Å². The molecule has 0 bridgehead atoms. The first-order valence-electron chi connectivity index (χ1n) is 5.96. The lowest BCUT2D eigenvalue weighted by molar-refractivity contribution is -0.141. The third-order valence-electron chi connectivity index (χ3n) is 1.99. The Bertz CT molecular complexity index is 514. The summed E-state index contributed by atoms with van der Waals surface area (Å²) in [7, 11) is 0. The maximum absolute atomic E-state index is 11.5. The van der Waals surface area contributed by atoms with Crippen LogP contribution in [0.15, 0.2) is 18.2 Å². The Labute approximate surface area is 111 Å². The molecule has 0 saturated heterocycles. The van der Waals surface area contributed by atoms with Gasteiger partial charge in [-0.05, 0) is 31.9 Å². The van der Waals surface area contributed by atoms with Crippen LogP contribution in [-0.2, 0) is 14.3 Å². The highest BCUT2D eigenvalue weighted by Gasteiger charge is 2.07. The predicted molar refractivity (Wildman–Crippen MR) is 68.3 cm³/mol. The van der Waals surface area contributed by atoms with E-state index in [-0.39, 0.29) is 18.1 Å². The van der Waals surface area contributed by atoms with E-state index in [1.165, 1.54) is 0 Å². The summed E-state index contributed by atoms with van der Waals surface area (Å²) >= 11 is 0. The highest BCUT2D eigenvalue weighted by Crippen LogP contribution is 2.00. The van der Waals surface area contributed by atoms with Crippen molar-refractivity contribution in [3.63, 3.8) is 0 Å². The smallest absolute Gasteiger partial charge is 0.356 e. The van der Waals surface area contributed by atoms with Gasteiger partial charge in [-0.3, -0.25) is 4.79 Å². The molecule has 0 aliphatic rings. The van der Waals surface area contributed by atoms with E-state index in [2.05, 4.69) is 16.8 Å². The summed E-state index contributed by atoms with van der Waals surface area (Å²) in [6.07, 6.45) is -0.000839. The Morgan fingerprint density at radius 2 is 1.95 bits per heavy atom. The molecule has 0 spiro atoms. The molecule has 1 aromatic heterocycles. The number of pyridine rings is 1. The van der Waals surface area contributed by atoms with Crippen molar-refractivity contribution in [1.29, 1.82) is 0 Å². The Morgan fingerprint density at radius 3 is 2.63 bits per heavy atom. The quantitative estimate of drug-likeness (QED) is 0.608. The summed E-state index contributed by atoms with van der Waals surface area (Å²) in [6, 6.07) is 4.86. The van der Waals surface area contributed by atoms with Gasteiger partial charge in [-0.2, -0.15) is 0 Å². The van der Waals surface area contributed by atoms with Gasteiger partial charge in [-0.1, -0.05) is 12.0 Å². The van der Waals surface area contributed by atoms with Gasteiger partial charge in [0.15, 0.2) is 0 Å². The van der Waals surface area contributed by atoms with Crippen molar-refractivity contribution >= 4 is 11.9 Å². The molecule has 0 radical (unpaired) electrons. The Morgan fingerprint density at radius 1 is 1.21 bits per heavy atom. The molecule has 0 amide bonds. The summed E-state index contributed by atoms with van der Waals surface area (Å²) in [4.78, 5) is 26.6. The van der Waals surface area contributed by atoms with Crippen LogP contribution in [0.3, 0.4) is 0 Å². The number of carbonyl (C=O) groups excluding carboxylic acids is 2. The third-order valence-corrected chi connectivity index (χ3v) is 1.99. The van der Waals surface area contributed by atoms with E-state index < -0.39 is 5.97 Å². The van der Waals surface area contributed by atoms with Crippen molar-refractivity contribution in [2.24, 2.45) is 0 Å². The Hall–Kier alpha value is -2.35. The molecule has 0 unspecified atom stereocenters. The third kappa shape index (κ3) is 5.21. The molecular weight excluding hydrogens is 246 g/mol. The molecule has 0 aliphatic carbocycles. The van der Waals surface area contributed by atoms with Crippen LogP contribution in [0.4, 0.5) is 0 Å². The average molecular weight is 261 g/mol. The fraction of sp³-hybridized carbons (Fsp3) is 0.357. The second-order valence-corrected chi connectivity index (χ2v) is 3.41. The minimum atomic E-state index is -0.489. The summed E-state index contributed by atoms with van der Waals surface area (Å²) in [6.45, 7) is 4.08.